The summed E-state index contributed by atoms with van der Waals surface area (Å²) >= 11 is 0. The quantitative estimate of drug-likeness (QED) is 0.506. The first-order valence-corrected chi connectivity index (χ1v) is 12.1. The third-order valence-corrected chi connectivity index (χ3v) is 8.36. The second-order valence-corrected chi connectivity index (χ2v) is 10.7. The highest BCUT2D eigenvalue weighted by molar-refractivity contribution is 6.44. The molecule has 136 valence electrons. The molecule has 0 aliphatic heterocycles. The van der Waals surface area contributed by atoms with Crippen LogP contribution in [0.4, 0.5) is 0 Å². The molecule has 3 heteroatoms. The van der Waals surface area contributed by atoms with Crippen LogP contribution in [-0.2, 0) is 8.85 Å². The van der Waals surface area contributed by atoms with E-state index in [9.17, 15) is 0 Å². The second kappa shape index (κ2) is 9.58. The van der Waals surface area contributed by atoms with E-state index in [2.05, 4.69) is 27.7 Å². The molecule has 2 unspecified atom stereocenters. The summed E-state index contributed by atoms with van der Waals surface area (Å²) < 4.78 is 13.0. The van der Waals surface area contributed by atoms with Gasteiger partial charge in [-0.1, -0.05) is 58.3 Å². The van der Waals surface area contributed by atoms with Gasteiger partial charge in [0, 0.05) is 6.10 Å². The SMILES string of the molecule is CC[SiH](OC(C)C)OC(C)(CC1CCCCC1)C1CCCCC1. The van der Waals surface area contributed by atoms with E-state index in [1.807, 2.05) is 0 Å². The lowest BCUT2D eigenvalue weighted by atomic mass is 9.71. The van der Waals surface area contributed by atoms with Gasteiger partial charge in [0.15, 0.2) is 0 Å². The zero-order chi connectivity index (χ0) is 16.7. The topological polar surface area (TPSA) is 18.5 Å². The Morgan fingerprint density at radius 3 is 2.04 bits per heavy atom. The Labute approximate surface area is 146 Å². The molecule has 0 saturated heterocycles. The van der Waals surface area contributed by atoms with E-state index >= 15 is 0 Å². The molecule has 2 nitrogen and oxygen atoms in total. The van der Waals surface area contributed by atoms with Crippen LogP contribution in [0.2, 0.25) is 6.04 Å². The molecule has 2 rings (SSSR count). The van der Waals surface area contributed by atoms with Gasteiger partial charge in [-0.2, -0.15) is 0 Å². The molecule has 0 aromatic heterocycles. The standard InChI is InChI=1S/C20H40O2Si/c1-5-23(21-17(2)3)22-20(4,19-14-10-7-11-15-19)16-18-12-8-6-9-13-18/h17-19,23H,5-16H2,1-4H3. The van der Waals surface area contributed by atoms with Gasteiger partial charge in [-0.25, -0.2) is 0 Å². The van der Waals surface area contributed by atoms with Crippen molar-refractivity contribution >= 4 is 9.28 Å². The third kappa shape index (κ3) is 6.17. The average Bonchev–Trinajstić information content (AvgIpc) is 2.55. The fourth-order valence-electron chi connectivity index (χ4n) is 4.80. The predicted molar refractivity (Wildman–Crippen MR) is 101 cm³/mol. The predicted octanol–water partition coefficient (Wildman–Crippen LogP) is 5.98. The van der Waals surface area contributed by atoms with E-state index in [0.29, 0.717) is 6.10 Å². The van der Waals surface area contributed by atoms with Gasteiger partial charge < -0.3 is 8.85 Å². The molecule has 0 radical (unpaired) electrons. The zero-order valence-electron chi connectivity index (χ0n) is 16.1. The van der Waals surface area contributed by atoms with Crippen LogP contribution in [0.3, 0.4) is 0 Å². The molecular formula is C20H40O2Si. The third-order valence-electron chi connectivity index (χ3n) is 6.05. The minimum absolute atomic E-state index is 0.0736. The molecule has 2 aliphatic carbocycles. The van der Waals surface area contributed by atoms with E-state index in [-0.39, 0.29) is 5.60 Å². The average molecular weight is 341 g/mol. The summed E-state index contributed by atoms with van der Waals surface area (Å²) in [7, 11) is -1.54. The Balaban J connectivity index is 2.04. The molecular weight excluding hydrogens is 300 g/mol. The summed E-state index contributed by atoms with van der Waals surface area (Å²) in [5.41, 5.74) is 0.0736. The molecule has 0 bridgehead atoms. The maximum absolute atomic E-state index is 6.86. The van der Waals surface area contributed by atoms with Crippen LogP contribution in [0.5, 0.6) is 0 Å². The molecule has 0 N–H and O–H groups in total. The number of hydrogen-bond donors (Lipinski definition) is 0. The van der Waals surface area contributed by atoms with Crippen molar-refractivity contribution in [1.82, 2.24) is 0 Å². The highest BCUT2D eigenvalue weighted by Gasteiger charge is 2.40. The van der Waals surface area contributed by atoms with Crippen LogP contribution in [0.15, 0.2) is 0 Å². The van der Waals surface area contributed by atoms with Gasteiger partial charge in [0.25, 0.3) is 0 Å². The van der Waals surface area contributed by atoms with Crippen molar-refractivity contribution in [3.05, 3.63) is 0 Å². The second-order valence-electron chi connectivity index (χ2n) is 8.50. The minimum Gasteiger partial charge on any atom is -0.394 e. The first kappa shape index (κ1) is 19.5. The fraction of sp³-hybridized carbons (Fsp3) is 1.00. The van der Waals surface area contributed by atoms with Gasteiger partial charge >= 0.3 is 9.28 Å². The lowest BCUT2D eigenvalue weighted by Crippen LogP contribution is -2.46. The number of hydrogen-bond acceptors (Lipinski definition) is 2. The van der Waals surface area contributed by atoms with E-state index in [1.54, 1.807) is 0 Å². The van der Waals surface area contributed by atoms with E-state index < -0.39 is 9.28 Å². The van der Waals surface area contributed by atoms with Crippen molar-refractivity contribution in [2.24, 2.45) is 11.8 Å². The van der Waals surface area contributed by atoms with Crippen LogP contribution in [0.25, 0.3) is 0 Å². The van der Waals surface area contributed by atoms with Crippen molar-refractivity contribution in [2.75, 3.05) is 0 Å². The van der Waals surface area contributed by atoms with Crippen LogP contribution in [-0.4, -0.2) is 21.0 Å². The van der Waals surface area contributed by atoms with E-state index in [0.717, 1.165) is 17.9 Å². The first-order valence-electron chi connectivity index (χ1n) is 10.4. The zero-order valence-corrected chi connectivity index (χ0v) is 17.3. The van der Waals surface area contributed by atoms with Gasteiger partial charge in [-0.15, -0.1) is 0 Å². The molecule has 0 amide bonds. The van der Waals surface area contributed by atoms with Crippen molar-refractivity contribution in [1.29, 1.82) is 0 Å². The Morgan fingerprint density at radius 1 is 0.957 bits per heavy atom. The monoisotopic (exact) mass is 340 g/mol. The molecule has 2 saturated carbocycles. The molecule has 2 atom stereocenters. The van der Waals surface area contributed by atoms with Crippen LogP contribution < -0.4 is 0 Å². The maximum atomic E-state index is 6.86. The summed E-state index contributed by atoms with van der Waals surface area (Å²) in [6, 6.07) is 1.09. The Hall–Kier alpha value is 0.137. The molecule has 0 aromatic carbocycles. The smallest absolute Gasteiger partial charge is 0.321 e. The van der Waals surface area contributed by atoms with E-state index in [1.165, 1.54) is 70.6 Å². The van der Waals surface area contributed by atoms with Crippen molar-refractivity contribution in [3.8, 4) is 0 Å². The van der Waals surface area contributed by atoms with Gasteiger partial charge in [0.2, 0.25) is 0 Å². The van der Waals surface area contributed by atoms with Crippen LogP contribution in [0, 0.1) is 11.8 Å². The Bertz CT molecular complexity index is 322. The fourth-order valence-corrected chi connectivity index (χ4v) is 6.71. The molecule has 2 fully saturated rings. The van der Waals surface area contributed by atoms with Crippen molar-refractivity contribution < 1.29 is 8.85 Å². The highest BCUT2D eigenvalue weighted by Crippen LogP contribution is 2.42. The van der Waals surface area contributed by atoms with Gasteiger partial charge in [-0.3, -0.25) is 0 Å². The van der Waals surface area contributed by atoms with Gasteiger partial charge in [0.05, 0.1) is 5.60 Å². The lowest BCUT2D eigenvalue weighted by molar-refractivity contribution is -0.0407. The molecule has 0 aromatic rings. The van der Waals surface area contributed by atoms with Crippen molar-refractivity contribution in [3.63, 3.8) is 0 Å². The van der Waals surface area contributed by atoms with Crippen molar-refractivity contribution in [2.45, 2.75) is 116 Å². The summed E-state index contributed by atoms with van der Waals surface area (Å²) in [4.78, 5) is 0. The van der Waals surface area contributed by atoms with Crippen LogP contribution in [0.1, 0.15) is 98.3 Å². The Kier molecular flexibility index (Phi) is 8.10. The van der Waals surface area contributed by atoms with Crippen LogP contribution >= 0.6 is 0 Å². The molecule has 0 spiro atoms. The summed E-state index contributed by atoms with van der Waals surface area (Å²) in [6.07, 6.45) is 15.7. The molecule has 2 aliphatic rings. The lowest BCUT2D eigenvalue weighted by Gasteiger charge is -2.44. The van der Waals surface area contributed by atoms with Gasteiger partial charge in [0.1, 0.15) is 0 Å². The summed E-state index contributed by atoms with van der Waals surface area (Å²) in [6.45, 7) is 8.99. The Morgan fingerprint density at radius 2 is 1.52 bits per heavy atom. The molecule has 0 heterocycles. The van der Waals surface area contributed by atoms with Gasteiger partial charge in [-0.05, 0) is 57.9 Å². The summed E-state index contributed by atoms with van der Waals surface area (Å²) in [5, 5.41) is 0. The normalized spacial score (nSPS) is 25.4. The summed E-state index contributed by atoms with van der Waals surface area (Å²) in [5.74, 6) is 1.65. The maximum Gasteiger partial charge on any atom is 0.321 e. The highest BCUT2D eigenvalue weighted by atomic mass is 28.3. The largest absolute Gasteiger partial charge is 0.394 e. The first-order chi connectivity index (χ1) is 11.0. The van der Waals surface area contributed by atoms with E-state index in [4.69, 9.17) is 8.85 Å². The number of rotatable bonds is 8. The molecule has 23 heavy (non-hydrogen) atoms. The minimum atomic E-state index is -1.54.